The molecule has 7 heteroatoms. The Morgan fingerprint density at radius 2 is 1.62 bits per heavy atom. The second kappa shape index (κ2) is 7.35. The van der Waals surface area contributed by atoms with E-state index in [2.05, 4.69) is 43.2 Å². The second-order valence-corrected chi connectivity index (χ2v) is 6.19. The van der Waals surface area contributed by atoms with Crippen molar-refractivity contribution in [3.05, 3.63) is 58.4 Å². The molecule has 0 spiro atoms. The SMILES string of the molecule is COc1ccccc1Nc1ncnc(Nc2ccc(I)cc2)c1N. The van der Waals surface area contributed by atoms with Gasteiger partial charge in [-0.25, -0.2) is 9.97 Å². The zero-order valence-electron chi connectivity index (χ0n) is 13.0. The summed E-state index contributed by atoms with van der Waals surface area (Å²) in [6.07, 6.45) is 1.46. The molecule has 0 amide bonds. The number of aromatic nitrogens is 2. The van der Waals surface area contributed by atoms with Crippen LogP contribution in [0.15, 0.2) is 54.9 Å². The highest BCUT2D eigenvalue weighted by Gasteiger charge is 2.10. The molecule has 0 aliphatic rings. The first kappa shape index (κ1) is 16.3. The monoisotopic (exact) mass is 433 g/mol. The van der Waals surface area contributed by atoms with Gasteiger partial charge in [0, 0.05) is 9.26 Å². The molecule has 0 aliphatic heterocycles. The van der Waals surface area contributed by atoms with Gasteiger partial charge in [-0.1, -0.05) is 12.1 Å². The van der Waals surface area contributed by atoms with Gasteiger partial charge in [-0.3, -0.25) is 0 Å². The molecule has 3 aromatic rings. The van der Waals surface area contributed by atoms with Crippen LogP contribution in [0.2, 0.25) is 0 Å². The molecule has 3 rings (SSSR count). The summed E-state index contributed by atoms with van der Waals surface area (Å²) in [6, 6.07) is 15.5. The summed E-state index contributed by atoms with van der Waals surface area (Å²) < 4.78 is 6.49. The molecule has 0 saturated heterocycles. The fraction of sp³-hybridized carbons (Fsp3) is 0.0588. The summed E-state index contributed by atoms with van der Waals surface area (Å²) in [5.74, 6) is 1.77. The summed E-state index contributed by atoms with van der Waals surface area (Å²) in [6.45, 7) is 0. The van der Waals surface area contributed by atoms with E-state index in [9.17, 15) is 0 Å². The molecule has 1 heterocycles. The van der Waals surface area contributed by atoms with E-state index in [1.54, 1.807) is 7.11 Å². The average molecular weight is 433 g/mol. The number of hydrogen-bond donors (Lipinski definition) is 3. The Labute approximate surface area is 153 Å². The maximum Gasteiger partial charge on any atom is 0.159 e. The molecule has 0 bridgehead atoms. The quantitative estimate of drug-likeness (QED) is 0.524. The first-order valence-corrected chi connectivity index (χ1v) is 8.28. The standard InChI is InChI=1S/C17H16IN5O/c1-24-14-5-3-2-4-13(14)23-17-15(19)16(20-10-21-17)22-12-8-6-11(18)7-9-12/h2-10H,19H2,1H3,(H2,20,21,22,23). The molecule has 0 atom stereocenters. The second-order valence-electron chi connectivity index (χ2n) is 4.94. The topological polar surface area (TPSA) is 85.1 Å². The molecule has 4 N–H and O–H groups in total. The van der Waals surface area contributed by atoms with Crippen molar-refractivity contribution >= 4 is 51.3 Å². The predicted octanol–water partition coefficient (Wildman–Crippen LogP) is 4.16. The molecule has 24 heavy (non-hydrogen) atoms. The fourth-order valence-corrected chi connectivity index (χ4v) is 2.50. The van der Waals surface area contributed by atoms with Gasteiger partial charge in [-0.05, 0) is 59.0 Å². The third-order valence-electron chi connectivity index (χ3n) is 3.35. The van der Waals surface area contributed by atoms with Gasteiger partial charge in [-0.15, -0.1) is 0 Å². The number of nitrogen functional groups attached to an aromatic ring is 1. The summed E-state index contributed by atoms with van der Waals surface area (Å²) in [5.41, 5.74) is 8.33. The minimum atomic E-state index is 0.432. The van der Waals surface area contributed by atoms with E-state index in [0.29, 0.717) is 23.1 Å². The van der Waals surface area contributed by atoms with Crippen molar-refractivity contribution < 1.29 is 4.74 Å². The van der Waals surface area contributed by atoms with Crippen molar-refractivity contribution in [1.82, 2.24) is 9.97 Å². The lowest BCUT2D eigenvalue weighted by atomic mass is 10.3. The molecule has 2 aromatic carbocycles. The summed E-state index contributed by atoms with van der Waals surface area (Å²) in [4.78, 5) is 8.44. The van der Waals surface area contributed by atoms with E-state index >= 15 is 0 Å². The zero-order chi connectivity index (χ0) is 16.9. The lowest BCUT2D eigenvalue weighted by molar-refractivity contribution is 0.417. The van der Waals surface area contributed by atoms with Crippen LogP contribution < -0.4 is 21.1 Å². The van der Waals surface area contributed by atoms with Crippen LogP contribution in [0.1, 0.15) is 0 Å². The van der Waals surface area contributed by atoms with Gasteiger partial charge >= 0.3 is 0 Å². The smallest absolute Gasteiger partial charge is 0.159 e. The number of benzene rings is 2. The van der Waals surface area contributed by atoms with Crippen LogP contribution in [0.4, 0.5) is 28.7 Å². The van der Waals surface area contributed by atoms with Crippen molar-refractivity contribution in [3.63, 3.8) is 0 Å². The molecule has 0 saturated carbocycles. The van der Waals surface area contributed by atoms with Crippen LogP contribution in [0.25, 0.3) is 0 Å². The molecular weight excluding hydrogens is 417 g/mol. The Morgan fingerprint density at radius 1 is 0.958 bits per heavy atom. The molecule has 0 unspecified atom stereocenters. The molecule has 1 aromatic heterocycles. The summed E-state index contributed by atoms with van der Waals surface area (Å²) >= 11 is 2.26. The van der Waals surface area contributed by atoms with E-state index in [4.69, 9.17) is 10.5 Å². The van der Waals surface area contributed by atoms with E-state index < -0.39 is 0 Å². The lowest BCUT2D eigenvalue weighted by Crippen LogP contribution is -2.05. The molecule has 0 fully saturated rings. The predicted molar refractivity (Wildman–Crippen MR) is 105 cm³/mol. The Hall–Kier alpha value is -2.55. The molecule has 0 radical (unpaired) electrons. The van der Waals surface area contributed by atoms with Crippen LogP contribution in [0.5, 0.6) is 5.75 Å². The largest absolute Gasteiger partial charge is 0.495 e. The number of nitrogens with two attached hydrogens (primary N) is 1. The van der Waals surface area contributed by atoms with Crippen LogP contribution in [-0.4, -0.2) is 17.1 Å². The first-order chi connectivity index (χ1) is 11.7. The molecule has 6 nitrogen and oxygen atoms in total. The Balaban J connectivity index is 1.86. The maximum atomic E-state index is 6.21. The number of para-hydroxylation sites is 2. The highest BCUT2D eigenvalue weighted by Crippen LogP contribution is 2.31. The Bertz CT molecular complexity index is 839. The van der Waals surface area contributed by atoms with Crippen molar-refractivity contribution in [2.45, 2.75) is 0 Å². The van der Waals surface area contributed by atoms with Gasteiger partial charge in [0.2, 0.25) is 0 Å². The van der Waals surface area contributed by atoms with E-state index in [0.717, 1.165) is 14.9 Å². The van der Waals surface area contributed by atoms with Gasteiger partial charge in [0.1, 0.15) is 17.8 Å². The number of nitrogens with one attached hydrogen (secondary N) is 2. The Morgan fingerprint density at radius 3 is 2.33 bits per heavy atom. The van der Waals surface area contributed by atoms with Crippen molar-refractivity contribution in [2.75, 3.05) is 23.5 Å². The highest BCUT2D eigenvalue weighted by atomic mass is 127. The molecule has 122 valence electrons. The van der Waals surface area contributed by atoms with Crippen LogP contribution in [-0.2, 0) is 0 Å². The van der Waals surface area contributed by atoms with Crippen molar-refractivity contribution in [1.29, 1.82) is 0 Å². The zero-order valence-corrected chi connectivity index (χ0v) is 15.1. The van der Waals surface area contributed by atoms with Gasteiger partial charge in [0.05, 0.1) is 12.8 Å². The van der Waals surface area contributed by atoms with E-state index in [-0.39, 0.29) is 0 Å². The minimum absolute atomic E-state index is 0.432. The fourth-order valence-electron chi connectivity index (χ4n) is 2.14. The first-order valence-electron chi connectivity index (χ1n) is 7.20. The number of hydrogen-bond acceptors (Lipinski definition) is 6. The van der Waals surface area contributed by atoms with Gasteiger partial charge in [0.25, 0.3) is 0 Å². The van der Waals surface area contributed by atoms with Gasteiger partial charge in [-0.2, -0.15) is 0 Å². The van der Waals surface area contributed by atoms with Crippen LogP contribution in [0, 0.1) is 3.57 Å². The number of methoxy groups -OCH3 is 1. The minimum Gasteiger partial charge on any atom is -0.495 e. The van der Waals surface area contributed by atoms with Gasteiger partial charge in [0.15, 0.2) is 11.6 Å². The Kier molecular flexibility index (Phi) is 4.99. The average Bonchev–Trinajstić information content (AvgIpc) is 2.61. The van der Waals surface area contributed by atoms with Crippen LogP contribution in [0.3, 0.4) is 0 Å². The number of rotatable bonds is 5. The molecular formula is C17H16IN5O. The summed E-state index contributed by atoms with van der Waals surface area (Å²) in [5, 5.41) is 6.39. The normalized spacial score (nSPS) is 10.2. The molecule has 0 aliphatic carbocycles. The third kappa shape index (κ3) is 3.67. The number of nitrogens with zero attached hydrogens (tertiary/aromatic N) is 2. The highest BCUT2D eigenvalue weighted by molar-refractivity contribution is 14.1. The van der Waals surface area contributed by atoms with Crippen LogP contribution >= 0.6 is 22.6 Å². The maximum absolute atomic E-state index is 6.21. The summed E-state index contributed by atoms with van der Waals surface area (Å²) in [7, 11) is 1.62. The van der Waals surface area contributed by atoms with E-state index in [1.807, 2.05) is 48.5 Å². The number of ether oxygens (including phenoxy) is 1. The van der Waals surface area contributed by atoms with E-state index in [1.165, 1.54) is 6.33 Å². The van der Waals surface area contributed by atoms with Gasteiger partial charge < -0.3 is 21.1 Å². The number of halogens is 1. The number of anilines is 5. The third-order valence-corrected chi connectivity index (χ3v) is 4.07. The van der Waals surface area contributed by atoms with Crippen molar-refractivity contribution in [2.24, 2.45) is 0 Å². The lowest BCUT2D eigenvalue weighted by Gasteiger charge is -2.14. The van der Waals surface area contributed by atoms with Crippen molar-refractivity contribution in [3.8, 4) is 5.75 Å².